The first-order chi connectivity index (χ1) is 26.8. The van der Waals surface area contributed by atoms with E-state index < -0.39 is 26.5 Å². The molecule has 2 unspecified atom stereocenters. The first kappa shape index (κ1) is 53.3. The molecular formula is C46H85O8P. The highest BCUT2D eigenvalue weighted by Gasteiger charge is 2.24. The number of ether oxygens (including phenoxy) is 2. The summed E-state index contributed by atoms with van der Waals surface area (Å²) in [7, 11) is -3.20. The summed E-state index contributed by atoms with van der Waals surface area (Å²) < 4.78 is 32.0. The minimum atomic E-state index is -4.26. The van der Waals surface area contributed by atoms with Crippen molar-refractivity contribution in [2.75, 3.05) is 20.3 Å². The van der Waals surface area contributed by atoms with Crippen molar-refractivity contribution in [2.24, 2.45) is 0 Å². The number of phosphoric acid groups is 1. The summed E-state index contributed by atoms with van der Waals surface area (Å²) in [6.07, 6.45) is 49.2. The van der Waals surface area contributed by atoms with Crippen molar-refractivity contribution in [3.05, 3.63) is 36.5 Å². The molecule has 0 saturated carbocycles. The van der Waals surface area contributed by atoms with E-state index in [0.717, 1.165) is 71.3 Å². The van der Waals surface area contributed by atoms with Crippen LogP contribution in [-0.2, 0) is 32.7 Å². The minimum absolute atomic E-state index is 0.229. The van der Waals surface area contributed by atoms with Gasteiger partial charge >= 0.3 is 19.8 Å². The lowest BCUT2D eigenvalue weighted by molar-refractivity contribution is -0.161. The van der Waals surface area contributed by atoms with Crippen molar-refractivity contribution < 1.29 is 37.6 Å². The molecule has 0 spiro atoms. The molecule has 2 atom stereocenters. The summed E-state index contributed by atoms with van der Waals surface area (Å²) in [5, 5.41) is 0. The van der Waals surface area contributed by atoms with Crippen LogP contribution in [0.3, 0.4) is 0 Å². The molecule has 0 aliphatic heterocycles. The largest absolute Gasteiger partial charge is 0.472 e. The van der Waals surface area contributed by atoms with Gasteiger partial charge in [-0.05, 0) is 64.2 Å². The van der Waals surface area contributed by atoms with Gasteiger partial charge in [0.05, 0.1) is 6.61 Å². The van der Waals surface area contributed by atoms with Gasteiger partial charge in [-0.2, -0.15) is 0 Å². The average Bonchev–Trinajstić information content (AvgIpc) is 3.18. The van der Waals surface area contributed by atoms with Crippen LogP contribution in [0.15, 0.2) is 36.5 Å². The number of unbranched alkanes of at least 4 members (excludes halogenated alkanes) is 25. The van der Waals surface area contributed by atoms with Crippen LogP contribution >= 0.6 is 7.82 Å². The van der Waals surface area contributed by atoms with Crippen LogP contribution in [0.5, 0.6) is 0 Å². The van der Waals surface area contributed by atoms with Crippen LogP contribution in [-0.4, -0.2) is 43.3 Å². The third-order valence-electron chi connectivity index (χ3n) is 9.84. The molecule has 0 radical (unpaired) electrons. The van der Waals surface area contributed by atoms with Gasteiger partial charge in [0, 0.05) is 20.0 Å². The molecule has 9 heteroatoms. The lowest BCUT2D eigenvalue weighted by Gasteiger charge is -2.19. The molecule has 0 aromatic carbocycles. The smallest absolute Gasteiger partial charge is 0.462 e. The van der Waals surface area contributed by atoms with E-state index in [9.17, 15) is 19.0 Å². The second-order valence-electron chi connectivity index (χ2n) is 15.2. The third kappa shape index (κ3) is 41.7. The van der Waals surface area contributed by atoms with Gasteiger partial charge in [0.25, 0.3) is 0 Å². The SMILES string of the molecule is CCC/C=C\C/C=C\CCCCCCCC(=O)OC(COC(=O)CCCCCCCCCCCCC/C=C\CCCCCCCCCC)COP(=O)(O)OC. The maximum atomic E-state index is 12.5. The molecule has 0 aliphatic carbocycles. The van der Waals surface area contributed by atoms with Crippen molar-refractivity contribution in [1.82, 2.24) is 0 Å². The van der Waals surface area contributed by atoms with Crippen LogP contribution in [0.1, 0.15) is 219 Å². The molecule has 0 bridgehead atoms. The van der Waals surface area contributed by atoms with Crippen LogP contribution < -0.4 is 0 Å². The van der Waals surface area contributed by atoms with Crippen molar-refractivity contribution in [3.63, 3.8) is 0 Å². The summed E-state index contributed by atoms with van der Waals surface area (Å²) in [5.41, 5.74) is 0. The molecule has 0 rings (SSSR count). The Kier molecular flexibility index (Phi) is 40.6. The second kappa shape index (κ2) is 41.9. The third-order valence-corrected chi connectivity index (χ3v) is 10.8. The van der Waals surface area contributed by atoms with E-state index >= 15 is 0 Å². The summed E-state index contributed by atoms with van der Waals surface area (Å²) in [4.78, 5) is 34.5. The number of rotatable bonds is 42. The standard InChI is InChI=1S/C46H85O8P/c1-4-6-8-10-12-14-16-18-19-20-21-22-23-24-25-26-27-29-30-32-34-36-38-40-45(47)52-42-44(43-53-55(49,50)51-3)54-46(48)41-39-37-35-33-31-28-17-15-13-11-9-7-5-2/h9,11,15,17,20-21,44H,4-8,10,12-14,16,18-19,22-43H2,1-3H3,(H,49,50)/b11-9-,17-15-,21-20-. The van der Waals surface area contributed by atoms with Gasteiger partial charge in [-0.1, -0.05) is 179 Å². The number of carbonyl (C=O) groups is 2. The molecule has 1 N–H and O–H groups in total. The normalized spacial score (nSPS) is 13.6. The first-order valence-corrected chi connectivity index (χ1v) is 24.2. The Labute approximate surface area is 338 Å². The Morgan fingerprint density at radius 2 is 0.909 bits per heavy atom. The van der Waals surface area contributed by atoms with E-state index in [0.29, 0.717) is 6.42 Å². The number of carbonyl (C=O) groups excluding carboxylic acids is 2. The van der Waals surface area contributed by atoms with Gasteiger partial charge < -0.3 is 14.4 Å². The highest BCUT2D eigenvalue weighted by atomic mass is 31.2. The van der Waals surface area contributed by atoms with Crippen molar-refractivity contribution >= 4 is 19.8 Å². The van der Waals surface area contributed by atoms with Crippen LogP contribution in [0.4, 0.5) is 0 Å². The molecule has 0 heterocycles. The minimum Gasteiger partial charge on any atom is -0.462 e. The van der Waals surface area contributed by atoms with Crippen molar-refractivity contribution in [2.45, 2.75) is 225 Å². The van der Waals surface area contributed by atoms with E-state index in [1.165, 1.54) is 122 Å². The number of phosphoric ester groups is 1. The highest BCUT2D eigenvalue weighted by Crippen LogP contribution is 2.42. The van der Waals surface area contributed by atoms with E-state index in [1.807, 2.05) is 0 Å². The van der Waals surface area contributed by atoms with E-state index in [1.54, 1.807) is 0 Å². The van der Waals surface area contributed by atoms with Gasteiger partial charge in [-0.3, -0.25) is 18.6 Å². The van der Waals surface area contributed by atoms with Crippen LogP contribution in [0.25, 0.3) is 0 Å². The predicted octanol–water partition coefficient (Wildman–Crippen LogP) is 14.4. The Bertz CT molecular complexity index is 994. The molecule has 0 aromatic rings. The average molecular weight is 797 g/mol. The summed E-state index contributed by atoms with van der Waals surface area (Å²) in [6, 6.07) is 0. The molecule has 55 heavy (non-hydrogen) atoms. The quantitative estimate of drug-likeness (QED) is 0.0281. The maximum Gasteiger partial charge on any atom is 0.472 e. The molecular weight excluding hydrogens is 711 g/mol. The zero-order valence-electron chi connectivity index (χ0n) is 35.8. The van der Waals surface area contributed by atoms with Crippen molar-refractivity contribution in [1.29, 1.82) is 0 Å². The Balaban J connectivity index is 3.90. The summed E-state index contributed by atoms with van der Waals surface area (Å²) in [6.45, 7) is 3.82. The zero-order chi connectivity index (χ0) is 40.3. The monoisotopic (exact) mass is 797 g/mol. The van der Waals surface area contributed by atoms with Gasteiger partial charge in [0.15, 0.2) is 6.10 Å². The second-order valence-corrected chi connectivity index (χ2v) is 16.7. The Morgan fingerprint density at radius 3 is 1.36 bits per heavy atom. The lowest BCUT2D eigenvalue weighted by atomic mass is 10.0. The van der Waals surface area contributed by atoms with Crippen molar-refractivity contribution in [3.8, 4) is 0 Å². The Hall–Kier alpha value is -1.73. The zero-order valence-corrected chi connectivity index (χ0v) is 36.7. The topological polar surface area (TPSA) is 108 Å². The fourth-order valence-corrected chi connectivity index (χ4v) is 6.80. The number of hydrogen-bond acceptors (Lipinski definition) is 7. The first-order valence-electron chi connectivity index (χ1n) is 22.7. The predicted molar refractivity (Wildman–Crippen MR) is 230 cm³/mol. The Morgan fingerprint density at radius 1 is 0.509 bits per heavy atom. The van der Waals surface area contributed by atoms with Gasteiger partial charge in [0.1, 0.15) is 6.61 Å². The van der Waals surface area contributed by atoms with Crippen LogP contribution in [0.2, 0.25) is 0 Å². The lowest BCUT2D eigenvalue weighted by Crippen LogP contribution is -2.29. The van der Waals surface area contributed by atoms with E-state index in [-0.39, 0.29) is 25.4 Å². The molecule has 0 fully saturated rings. The maximum absolute atomic E-state index is 12.5. The van der Waals surface area contributed by atoms with Gasteiger partial charge in [0.2, 0.25) is 0 Å². The van der Waals surface area contributed by atoms with E-state index in [4.69, 9.17) is 14.0 Å². The fraction of sp³-hybridized carbons (Fsp3) is 0.826. The number of hydrogen-bond donors (Lipinski definition) is 1. The molecule has 0 aliphatic rings. The van der Waals surface area contributed by atoms with Gasteiger partial charge in [-0.25, -0.2) is 4.57 Å². The molecule has 8 nitrogen and oxygen atoms in total. The number of esters is 2. The highest BCUT2D eigenvalue weighted by molar-refractivity contribution is 7.47. The molecule has 0 aromatic heterocycles. The number of allylic oxidation sites excluding steroid dienone is 6. The summed E-state index contributed by atoms with van der Waals surface area (Å²) >= 11 is 0. The molecule has 0 amide bonds. The van der Waals surface area contributed by atoms with E-state index in [2.05, 4.69) is 54.8 Å². The van der Waals surface area contributed by atoms with Gasteiger partial charge in [-0.15, -0.1) is 0 Å². The summed E-state index contributed by atoms with van der Waals surface area (Å²) in [5.74, 6) is -0.817. The molecule has 322 valence electrons. The molecule has 0 saturated heterocycles. The van der Waals surface area contributed by atoms with Crippen LogP contribution in [0, 0.1) is 0 Å². The fourth-order valence-electron chi connectivity index (χ4n) is 6.34.